The summed E-state index contributed by atoms with van der Waals surface area (Å²) in [7, 11) is 1.45. The van der Waals surface area contributed by atoms with Gasteiger partial charge in [-0.2, -0.15) is 4.98 Å². The first-order valence-electron chi connectivity index (χ1n) is 8.54. The monoisotopic (exact) mass is 379 g/mol. The molecule has 10 nitrogen and oxygen atoms in total. The van der Waals surface area contributed by atoms with E-state index in [1.807, 2.05) is 31.2 Å². The van der Waals surface area contributed by atoms with Gasteiger partial charge in [-0.05, 0) is 30.7 Å². The number of rotatable bonds is 5. The van der Waals surface area contributed by atoms with E-state index >= 15 is 0 Å². The van der Waals surface area contributed by atoms with Crippen LogP contribution in [0.15, 0.2) is 47.4 Å². The van der Waals surface area contributed by atoms with Crippen LogP contribution in [0.25, 0.3) is 28.3 Å². The number of carbonyl (C=O) groups is 1. The van der Waals surface area contributed by atoms with E-state index in [9.17, 15) is 4.79 Å². The minimum Gasteiger partial charge on any atom is -0.452 e. The van der Waals surface area contributed by atoms with Crippen molar-refractivity contribution in [2.24, 2.45) is 0 Å². The average Bonchev–Trinajstić information content (AvgIpc) is 3.34. The Morgan fingerprint density at radius 3 is 2.89 bits per heavy atom. The first-order chi connectivity index (χ1) is 13.7. The van der Waals surface area contributed by atoms with Gasteiger partial charge in [-0.25, -0.2) is 9.78 Å². The number of amides is 2. The highest BCUT2D eigenvalue weighted by Crippen LogP contribution is 2.28. The first kappa shape index (κ1) is 17.5. The van der Waals surface area contributed by atoms with Crippen molar-refractivity contribution >= 4 is 17.5 Å². The van der Waals surface area contributed by atoms with E-state index in [1.54, 1.807) is 23.0 Å². The molecular weight excluding hydrogens is 362 g/mol. The summed E-state index contributed by atoms with van der Waals surface area (Å²) in [6.07, 6.45) is 5.20. The van der Waals surface area contributed by atoms with Gasteiger partial charge in [0.1, 0.15) is 5.65 Å². The van der Waals surface area contributed by atoms with Gasteiger partial charge < -0.3 is 10.1 Å². The molecule has 0 aliphatic heterocycles. The number of hydrogen-bond donors (Lipinski definition) is 2. The summed E-state index contributed by atoms with van der Waals surface area (Å²) in [5.74, 6) is 0.723. The number of fused-ring (bicyclic) bond motifs is 1. The number of anilines is 1. The van der Waals surface area contributed by atoms with Crippen molar-refractivity contribution in [2.45, 2.75) is 6.92 Å². The second-order valence-corrected chi connectivity index (χ2v) is 5.80. The van der Waals surface area contributed by atoms with Crippen LogP contribution in [0.3, 0.4) is 0 Å². The quantitative estimate of drug-likeness (QED) is 0.547. The van der Waals surface area contributed by atoms with Crippen LogP contribution in [0.4, 0.5) is 10.6 Å². The lowest BCUT2D eigenvalue weighted by Gasteiger charge is -2.06. The number of methoxy groups -OCH3 is 1. The fraction of sp³-hybridized carbons (Fsp3) is 0.167. The first-order valence-corrected chi connectivity index (χ1v) is 8.54. The lowest BCUT2D eigenvalue weighted by Crippen LogP contribution is -2.28. The van der Waals surface area contributed by atoms with Crippen molar-refractivity contribution in [3.8, 4) is 28.7 Å². The predicted molar refractivity (Wildman–Crippen MR) is 101 cm³/mol. The van der Waals surface area contributed by atoms with Crippen LogP contribution >= 0.6 is 0 Å². The van der Waals surface area contributed by atoms with Gasteiger partial charge in [0, 0.05) is 24.5 Å². The van der Waals surface area contributed by atoms with E-state index < -0.39 is 0 Å². The van der Waals surface area contributed by atoms with E-state index in [1.165, 1.54) is 7.11 Å². The van der Waals surface area contributed by atoms with E-state index in [-0.39, 0.29) is 12.1 Å². The summed E-state index contributed by atoms with van der Waals surface area (Å²) in [6, 6.07) is 7.24. The van der Waals surface area contributed by atoms with Gasteiger partial charge >= 0.3 is 12.1 Å². The highest BCUT2D eigenvalue weighted by Gasteiger charge is 2.17. The Hall–Kier alpha value is -3.95. The molecule has 4 heterocycles. The maximum atomic E-state index is 11.8. The summed E-state index contributed by atoms with van der Waals surface area (Å²) >= 11 is 0. The number of nitrogens with zero attached hydrogens (tertiary/aromatic N) is 5. The van der Waals surface area contributed by atoms with Gasteiger partial charge in [0.2, 0.25) is 5.82 Å². The third-order valence-corrected chi connectivity index (χ3v) is 3.95. The maximum Gasteiger partial charge on any atom is 0.417 e. The molecule has 0 fully saturated rings. The van der Waals surface area contributed by atoms with Crippen LogP contribution in [0.1, 0.15) is 6.92 Å². The fourth-order valence-electron chi connectivity index (χ4n) is 2.74. The van der Waals surface area contributed by atoms with E-state index in [2.05, 4.69) is 30.7 Å². The Morgan fingerprint density at radius 2 is 2.18 bits per heavy atom. The highest BCUT2D eigenvalue weighted by molar-refractivity contribution is 5.88. The number of carbonyl (C=O) groups excluding carboxylic acids is 1. The lowest BCUT2D eigenvalue weighted by molar-refractivity contribution is 0.250. The summed E-state index contributed by atoms with van der Waals surface area (Å²) < 4.78 is 11.8. The van der Waals surface area contributed by atoms with Gasteiger partial charge in [-0.1, -0.05) is 11.2 Å². The Balaban J connectivity index is 1.85. The summed E-state index contributed by atoms with van der Waals surface area (Å²) in [4.78, 5) is 24.7. The molecule has 4 aromatic heterocycles. The molecule has 0 unspecified atom stereocenters. The minimum atomic E-state index is -0.332. The molecule has 0 atom stereocenters. The van der Waals surface area contributed by atoms with E-state index in [0.717, 1.165) is 11.1 Å². The molecule has 4 rings (SSSR count). The largest absolute Gasteiger partial charge is 0.452 e. The van der Waals surface area contributed by atoms with Crippen molar-refractivity contribution in [1.29, 1.82) is 0 Å². The molecule has 4 aromatic rings. The van der Waals surface area contributed by atoms with Gasteiger partial charge in [0.25, 0.3) is 0 Å². The Labute approximate surface area is 159 Å². The summed E-state index contributed by atoms with van der Waals surface area (Å²) in [5.41, 5.74) is 3.00. The van der Waals surface area contributed by atoms with Crippen LogP contribution in [0, 0.1) is 0 Å². The molecule has 10 heteroatoms. The third-order valence-electron chi connectivity index (χ3n) is 3.95. The van der Waals surface area contributed by atoms with Crippen LogP contribution in [-0.4, -0.2) is 44.2 Å². The zero-order valence-electron chi connectivity index (χ0n) is 15.2. The number of aromatic nitrogens is 5. The van der Waals surface area contributed by atoms with Crippen LogP contribution in [0.5, 0.6) is 6.08 Å². The number of imidazole rings is 1. The van der Waals surface area contributed by atoms with Gasteiger partial charge in [-0.3, -0.25) is 19.2 Å². The molecule has 0 saturated heterocycles. The second kappa shape index (κ2) is 7.35. The summed E-state index contributed by atoms with van der Waals surface area (Å²) in [5, 5.41) is 9.34. The second-order valence-electron chi connectivity index (χ2n) is 5.80. The molecule has 28 heavy (non-hydrogen) atoms. The lowest BCUT2D eigenvalue weighted by atomic mass is 10.1. The van der Waals surface area contributed by atoms with Gasteiger partial charge in [-0.15, -0.1) is 0 Å². The van der Waals surface area contributed by atoms with Crippen molar-refractivity contribution < 1.29 is 14.1 Å². The molecule has 0 bridgehead atoms. The Bertz CT molecular complexity index is 1120. The van der Waals surface area contributed by atoms with Gasteiger partial charge in [0.05, 0.1) is 19.0 Å². The number of urea groups is 1. The third kappa shape index (κ3) is 3.34. The van der Waals surface area contributed by atoms with Crippen molar-refractivity contribution in [1.82, 2.24) is 29.8 Å². The molecule has 0 aromatic carbocycles. The van der Waals surface area contributed by atoms with Crippen molar-refractivity contribution in [3.05, 3.63) is 42.9 Å². The predicted octanol–water partition coefficient (Wildman–Crippen LogP) is 2.60. The normalized spacial score (nSPS) is 10.8. The zero-order chi connectivity index (χ0) is 19.5. The molecule has 0 spiro atoms. The summed E-state index contributed by atoms with van der Waals surface area (Å²) in [6.45, 7) is 2.35. The Kier molecular flexibility index (Phi) is 4.58. The smallest absolute Gasteiger partial charge is 0.417 e. The standard InChI is InChI=1S/C18H17N7O3/c1-3-20-17(26)22-14-10-25-13(16-23-18(27-2)28-24-16)7-12(8-15(25)21-14)11-5-4-6-19-9-11/h4-10H,3H2,1-2H3,(H2,20,22,26). The number of nitrogens with one attached hydrogen (secondary N) is 2. The van der Waals surface area contributed by atoms with Gasteiger partial charge in [0.15, 0.2) is 5.82 Å². The number of pyridine rings is 2. The van der Waals surface area contributed by atoms with Crippen molar-refractivity contribution in [3.63, 3.8) is 0 Å². The number of ether oxygens (including phenoxy) is 1. The highest BCUT2D eigenvalue weighted by atomic mass is 16.6. The van der Waals surface area contributed by atoms with Crippen LogP contribution < -0.4 is 15.4 Å². The molecule has 0 aliphatic carbocycles. The topological polar surface area (TPSA) is 119 Å². The fourth-order valence-corrected chi connectivity index (χ4v) is 2.74. The van der Waals surface area contributed by atoms with E-state index in [0.29, 0.717) is 29.5 Å². The Morgan fingerprint density at radius 1 is 1.29 bits per heavy atom. The van der Waals surface area contributed by atoms with Crippen molar-refractivity contribution in [2.75, 3.05) is 19.0 Å². The molecule has 0 radical (unpaired) electrons. The SMILES string of the molecule is CCNC(=O)Nc1cn2c(-c3noc(OC)n3)cc(-c3cccnc3)cc2n1. The molecule has 0 aliphatic rings. The molecule has 142 valence electrons. The van der Waals surface area contributed by atoms with E-state index in [4.69, 9.17) is 9.26 Å². The molecule has 2 amide bonds. The average molecular weight is 379 g/mol. The van der Waals surface area contributed by atoms with Crippen LogP contribution in [-0.2, 0) is 0 Å². The molecule has 0 saturated carbocycles. The number of hydrogen-bond acceptors (Lipinski definition) is 7. The van der Waals surface area contributed by atoms with Crippen LogP contribution in [0.2, 0.25) is 0 Å². The maximum absolute atomic E-state index is 11.8. The molecular formula is C18H17N7O3. The molecule has 2 N–H and O–H groups in total. The minimum absolute atomic E-state index is 0.0516. The zero-order valence-corrected chi connectivity index (χ0v) is 15.2.